The number of benzene rings is 1. The predicted molar refractivity (Wildman–Crippen MR) is 97.4 cm³/mol. The predicted octanol–water partition coefficient (Wildman–Crippen LogP) is -1.28. The van der Waals surface area contributed by atoms with Crippen molar-refractivity contribution < 1.29 is 34.5 Å². The summed E-state index contributed by atoms with van der Waals surface area (Å²) in [6.07, 6.45) is -0.854. The Morgan fingerprint density at radius 1 is 1.00 bits per heavy atom. The number of hydrogen-bond acceptors (Lipinski definition) is 7. The highest BCUT2D eigenvalue weighted by Crippen LogP contribution is 2.11. The molecule has 10 nitrogen and oxygen atoms in total. The average Bonchev–Trinajstić information content (AvgIpc) is 2.60. The molecular formula is C16H21N3O7S. The van der Waals surface area contributed by atoms with E-state index in [-0.39, 0.29) is 17.9 Å². The number of phenols is 1. The number of nitrogens with one attached hydrogen (secondary N) is 2. The van der Waals surface area contributed by atoms with Gasteiger partial charge in [-0.15, -0.1) is 0 Å². The lowest BCUT2D eigenvalue weighted by Crippen LogP contribution is -2.55. The number of aromatic hydroxyl groups is 1. The highest BCUT2D eigenvalue weighted by molar-refractivity contribution is 7.80. The molecule has 0 fully saturated rings. The topological polar surface area (TPSA) is 179 Å². The molecule has 0 bridgehead atoms. The zero-order chi connectivity index (χ0) is 20.6. The summed E-state index contributed by atoms with van der Waals surface area (Å²) < 4.78 is 0. The van der Waals surface area contributed by atoms with Crippen molar-refractivity contribution >= 4 is 36.4 Å². The van der Waals surface area contributed by atoms with E-state index in [9.17, 15) is 29.4 Å². The summed E-state index contributed by atoms with van der Waals surface area (Å²) in [4.78, 5) is 46.5. The summed E-state index contributed by atoms with van der Waals surface area (Å²) in [7, 11) is 0. The molecule has 148 valence electrons. The van der Waals surface area contributed by atoms with Gasteiger partial charge in [0.15, 0.2) is 0 Å². The average molecular weight is 399 g/mol. The summed E-state index contributed by atoms with van der Waals surface area (Å²) in [6, 6.07) is 1.78. The van der Waals surface area contributed by atoms with E-state index in [2.05, 4.69) is 23.3 Å². The monoisotopic (exact) mass is 399 g/mol. The molecule has 0 aliphatic heterocycles. The summed E-state index contributed by atoms with van der Waals surface area (Å²) >= 11 is 3.85. The van der Waals surface area contributed by atoms with Gasteiger partial charge in [0.05, 0.1) is 12.5 Å². The number of rotatable bonds is 10. The Balaban J connectivity index is 2.87. The van der Waals surface area contributed by atoms with Crippen LogP contribution in [0.5, 0.6) is 5.75 Å². The second kappa shape index (κ2) is 10.4. The van der Waals surface area contributed by atoms with E-state index in [0.29, 0.717) is 5.56 Å². The Kier molecular flexibility index (Phi) is 8.56. The number of phenolic OH excluding ortho intramolecular Hbond substituents is 1. The maximum absolute atomic E-state index is 12.3. The standard InChI is InChI=1S/C16H21N3O7S/c17-10(7-27)14(23)18-11(6-13(21)22)15(24)19-12(16(25)26)5-8-1-3-9(20)4-2-8/h1-4,10-12,20,27H,5-7,17H2,(H,18,23)(H,19,24)(H,21,22)(H,25,26)/t10-,11-,12-/m0/s1. The number of carboxylic acid groups (broad SMARTS) is 2. The number of aliphatic carboxylic acids is 2. The fraction of sp³-hybridized carbons (Fsp3) is 0.375. The molecule has 0 radical (unpaired) electrons. The van der Waals surface area contributed by atoms with Crippen molar-refractivity contribution in [2.45, 2.75) is 31.0 Å². The number of hydrogen-bond donors (Lipinski definition) is 7. The molecule has 3 atom stereocenters. The zero-order valence-corrected chi connectivity index (χ0v) is 15.1. The molecule has 0 saturated carbocycles. The SMILES string of the molecule is N[C@@H](CS)C(=O)N[C@@H](CC(=O)O)C(=O)N[C@@H](Cc1ccc(O)cc1)C(=O)O. The first kappa shape index (κ1) is 22.3. The second-order valence-electron chi connectivity index (χ2n) is 5.72. The van der Waals surface area contributed by atoms with Gasteiger partial charge < -0.3 is 31.7 Å². The van der Waals surface area contributed by atoms with Crippen LogP contribution in [0.1, 0.15) is 12.0 Å². The van der Waals surface area contributed by atoms with Crippen molar-refractivity contribution in [1.82, 2.24) is 10.6 Å². The molecule has 0 heterocycles. The second-order valence-corrected chi connectivity index (χ2v) is 6.08. The Morgan fingerprint density at radius 3 is 2.04 bits per heavy atom. The quantitative estimate of drug-likeness (QED) is 0.238. The maximum Gasteiger partial charge on any atom is 0.326 e. The van der Waals surface area contributed by atoms with Gasteiger partial charge in [-0.3, -0.25) is 14.4 Å². The Hall–Kier alpha value is -2.79. The van der Waals surface area contributed by atoms with Crippen molar-refractivity contribution in [1.29, 1.82) is 0 Å². The van der Waals surface area contributed by atoms with Gasteiger partial charge in [0.1, 0.15) is 17.8 Å². The van der Waals surface area contributed by atoms with Crippen molar-refractivity contribution in [3.8, 4) is 5.75 Å². The van der Waals surface area contributed by atoms with Crippen molar-refractivity contribution in [3.05, 3.63) is 29.8 Å². The van der Waals surface area contributed by atoms with E-state index in [1.165, 1.54) is 24.3 Å². The number of nitrogens with two attached hydrogens (primary N) is 1. The van der Waals surface area contributed by atoms with E-state index < -0.39 is 48.3 Å². The van der Waals surface area contributed by atoms with E-state index >= 15 is 0 Å². The van der Waals surface area contributed by atoms with Crippen LogP contribution in [-0.2, 0) is 25.6 Å². The highest BCUT2D eigenvalue weighted by Gasteiger charge is 2.29. The third-order valence-corrected chi connectivity index (χ3v) is 3.93. The molecular weight excluding hydrogens is 378 g/mol. The lowest BCUT2D eigenvalue weighted by Gasteiger charge is -2.21. The Morgan fingerprint density at radius 2 is 1.56 bits per heavy atom. The molecule has 0 spiro atoms. The van der Waals surface area contributed by atoms with Crippen LogP contribution in [0.15, 0.2) is 24.3 Å². The molecule has 7 N–H and O–H groups in total. The van der Waals surface area contributed by atoms with Gasteiger partial charge in [-0.25, -0.2) is 4.79 Å². The lowest BCUT2D eigenvalue weighted by molar-refractivity contribution is -0.143. The van der Waals surface area contributed by atoms with Gasteiger partial charge in [-0.1, -0.05) is 12.1 Å². The largest absolute Gasteiger partial charge is 0.508 e. The summed E-state index contributed by atoms with van der Waals surface area (Å²) in [5.74, 6) is -4.48. The zero-order valence-electron chi connectivity index (χ0n) is 14.2. The van der Waals surface area contributed by atoms with E-state index in [0.717, 1.165) is 0 Å². The first-order chi connectivity index (χ1) is 12.6. The number of carboxylic acids is 2. The van der Waals surface area contributed by atoms with Gasteiger partial charge in [-0.2, -0.15) is 12.6 Å². The molecule has 2 amide bonds. The Bertz CT molecular complexity index is 696. The van der Waals surface area contributed by atoms with Crippen LogP contribution in [-0.4, -0.2) is 63.0 Å². The van der Waals surface area contributed by atoms with Crippen LogP contribution in [0.3, 0.4) is 0 Å². The fourth-order valence-corrected chi connectivity index (χ4v) is 2.25. The van der Waals surface area contributed by atoms with Gasteiger partial charge in [0.25, 0.3) is 0 Å². The van der Waals surface area contributed by atoms with Crippen molar-refractivity contribution in [2.75, 3.05) is 5.75 Å². The van der Waals surface area contributed by atoms with Crippen LogP contribution >= 0.6 is 12.6 Å². The molecule has 0 saturated heterocycles. The normalized spacial score (nSPS) is 13.9. The van der Waals surface area contributed by atoms with Gasteiger partial charge in [0, 0.05) is 12.2 Å². The molecule has 1 aromatic rings. The van der Waals surface area contributed by atoms with Crippen LogP contribution in [0.25, 0.3) is 0 Å². The van der Waals surface area contributed by atoms with Crippen molar-refractivity contribution in [2.24, 2.45) is 5.73 Å². The maximum atomic E-state index is 12.3. The van der Waals surface area contributed by atoms with Crippen molar-refractivity contribution in [3.63, 3.8) is 0 Å². The van der Waals surface area contributed by atoms with Crippen LogP contribution in [0, 0.1) is 0 Å². The number of thiol groups is 1. The van der Waals surface area contributed by atoms with Crippen LogP contribution in [0.4, 0.5) is 0 Å². The first-order valence-electron chi connectivity index (χ1n) is 7.83. The molecule has 0 unspecified atom stereocenters. The van der Waals surface area contributed by atoms with Gasteiger partial charge in [0.2, 0.25) is 11.8 Å². The van der Waals surface area contributed by atoms with Crippen LogP contribution < -0.4 is 16.4 Å². The van der Waals surface area contributed by atoms with Gasteiger partial charge >= 0.3 is 11.9 Å². The molecule has 11 heteroatoms. The van der Waals surface area contributed by atoms with Gasteiger partial charge in [-0.05, 0) is 17.7 Å². The molecule has 27 heavy (non-hydrogen) atoms. The van der Waals surface area contributed by atoms with E-state index in [1.807, 2.05) is 0 Å². The summed E-state index contributed by atoms with van der Waals surface area (Å²) in [5.41, 5.74) is 6.00. The fourth-order valence-electron chi connectivity index (χ4n) is 2.09. The van der Waals surface area contributed by atoms with E-state index in [1.54, 1.807) is 0 Å². The molecule has 1 aromatic carbocycles. The third kappa shape index (κ3) is 7.54. The molecule has 0 aliphatic rings. The third-order valence-electron chi connectivity index (χ3n) is 3.54. The number of carbonyl (C=O) groups is 4. The minimum atomic E-state index is -1.50. The molecule has 1 rings (SSSR count). The smallest absolute Gasteiger partial charge is 0.326 e. The number of amides is 2. The number of carbonyl (C=O) groups excluding carboxylic acids is 2. The molecule has 0 aliphatic carbocycles. The Labute approximate surface area is 160 Å². The molecule has 0 aromatic heterocycles. The van der Waals surface area contributed by atoms with Crippen LogP contribution in [0.2, 0.25) is 0 Å². The lowest BCUT2D eigenvalue weighted by atomic mass is 10.0. The van der Waals surface area contributed by atoms with E-state index in [4.69, 9.17) is 10.8 Å². The summed E-state index contributed by atoms with van der Waals surface area (Å²) in [5, 5.41) is 31.9. The minimum Gasteiger partial charge on any atom is -0.508 e. The minimum absolute atomic E-state index is 0.000534. The first-order valence-corrected chi connectivity index (χ1v) is 8.47. The highest BCUT2D eigenvalue weighted by atomic mass is 32.1. The summed E-state index contributed by atoms with van der Waals surface area (Å²) in [6.45, 7) is 0.